The molecule has 2 aromatic rings. The Labute approximate surface area is 128 Å². The van der Waals surface area contributed by atoms with Gasteiger partial charge in [0.05, 0.1) is 13.7 Å². The molecule has 0 amide bonds. The zero-order valence-corrected chi connectivity index (χ0v) is 12.7. The first-order valence-electron chi connectivity index (χ1n) is 6.93. The minimum Gasteiger partial charge on any atom is -0.477 e. The first kappa shape index (κ1) is 15.7. The van der Waals surface area contributed by atoms with Gasteiger partial charge in [-0.2, -0.15) is 9.97 Å². The highest BCUT2D eigenvalue weighted by Crippen LogP contribution is 2.19. The fourth-order valence-electron chi connectivity index (χ4n) is 1.45. The van der Waals surface area contributed by atoms with Crippen LogP contribution in [0.4, 0.5) is 5.95 Å². The SMILES string of the molecule is CCCOc1ccc(Oc2nc(NCC)nc(OC)n2)nn1. The highest BCUT2D eigenvalue weighted by atomic mass is 16.5. The van der Waals surface area contributed by atoms with E-state index in [9.17, 15) is 0 Å². The standard InChI is InChI=1S/C13H18N6O3/c1-4-8-21-9-6-7-10(19-18-9)22-13-16-11(14-5-2)15-12(17-13)20-3/h6-7H,4-5,8H2,1-3H3,(H,14,15,16,17). The van der Waals surface area contributed by atoms with Crippen molar-refractivity contribution in [3.63, 3.8) is 0 Å². The first-order chi connectivity index (χ1) is 10.7. The molecule has 118 valence electrons. The van der Waals surface area contributed by atoms with Crippen LogP contribution in [0.1, 0.15) is 20.3 Å². The largest absolute Gasteiger partial charge is 0.477 e. The Morgan fingerprint density at radius 3 is 2.36 bits per heavy atom. The third-order valence-electron chi connectivity index (χ3n) is 2.38. The number of rotatable bonds is 8. The van der Waals surface area contributed by atoms with E-state index in [-0.39, 0.29) is 17.9 Å². The summed E-state index contributed by atoms with van der Waals surface area (Å²) in [4.78, 5) is 12.1. The van der Waals surface area contributed by atoms with E-state index in [1.807, 2.05) is 13.8 Å². The van der Waals surface area contributed by atoms with E-state index in [4.69, 9.17) is 14.2 Å². The maximum Gasteiger partial charge on any atom is 0.331 e. The summed E-state index contributed by atoms with van der Waals surface area (Å²) in [6.45, 7) is 5.19. The normalized spacial score (nSPS) is 10.1. The molecule has 9 heteroatoms. The van der Waals surface area contributed by atoms with Crippen molar-refractivity contribution >= 4 is 5.95 Å². The maximum absolute atomic E-state index is 5.46. The minimum absolute atomic E-state index is 0.0688. The van der Waals surface area contributed by atoms with Crippen LogP contribution < -0.4 is 19.5 Å². The van der Waals surface area contributed by atoms with Crippen molar-refractivity contribution < 1.29 is 14.2 Å². The summed E-state index contributed by atoms with van der Waals surface area (Å²) >= 11 is 0. The van der Waals surface area contributed by atoms with Crippen molar-refractivity contribution in [1.29, 1.82) is 0 Å². The Morgan fingerprint density at radius 1 is 1.00 bits per heavy atom. The molecule has 0 radical (unpaired) electrons. The van der Waals surface area contributed by atoms with Crippen LogP contribution in [0.25, 0.3) is 0 Å². The number of aromatic nitrogens is 5. The van der Waals surface area contributed by atoms with Crippen molar-refractivity contribution in [3.8, 4) is 23.8 Å². The van der Waals surface area contributed by atoms with Gasteiger partial charge in [0.2, 0.25) is 17.7 Å². The quantitative estimate of drug-likeness (QED) is 0.779. The summed E-state index contributed by atoms with van der Waals surface area (Å²) in [7, 11) is 1.47. The van der Waals surface area contributed by atoms with Gasteiger partial charge in [-0.25, -0.2) is 0 Å². The fourth-order valence-corrected chi connectivity index (χ4v) is 1.45. The average Bonchev–Trinajstić information content (AvgIpc) is 2.54. The molecule has 0 fully saturated rings. The molecule has 1 N–H and O–H groups in total. The molecule has 0 saturated carbocycles. The Balaban J connectivity index is 2.10. The summed E-state index contributed by atoms with van der Waals surface area (Å²) in [6, 6.07) is 3.51. The Bertz CT molecular complexity index is 593. The number of nitrogens with one attached hydrogen (secondary N) is 1. The summed E-state index contributed by atoms with van der Waals surface area (Å²) in [5.41, 5.74) is 0. The zero-order valence-electron chi connectivity index (χ0n) is 12.7. The van der Waals surface area contributed by atoms with E-state index in [0.29, 0.717) is 25.0 Å². The third kappa shape index (κ3) is 4.40. The topological polar surface area (TPSA) is 104 Å². The number of anilines is 1. The highest BCUT2D eigenvalue weighted by molar-refractivity contribution is 5.28. The molecule has 0 saturated heterocycles. The summed E-state index contributed by atoms with van der Waals surface area (Å²) in [5.74, 6) is 1.05. The van der Waals surface area contributed by atoms with Crippen molar-refractivity contribution in [1.82, 2.24) is 25.1 Å². The smallest absolute Gasteiger partial charge is 0.331 e. The van der Waals surface area contributed by atoms with E-state index in [2.05, 4.69) is 30.5 Å². The van der Waals surface area contributed by atoms with Crippen molar-refractivity contribution in [2.75, 3.05) is 25.6 Å². The summed E-state index contributed by atoms with van der Waals surface area (Å²) in [5, 5.41) is 10.8. The van der Waals surface area contributed by atoms with Gasteiger partial charge in [0.25, 0.3) is 0 Å². The molecular weight excluding hydrogens is 288 g/mol. The zero-order chi connectivity index (χ0) is 15.8. The van der Waals surface area contributed by atoms with E-state index in [1.54, 1.807) is 12.1 Å². The van der Waals surface area contributed by atoms with Crippen LogP contribution in [0.2, 0.25) is 0 Å². The molecule has 2 heterocycles. The van der Waals surface area contributed by atoms with Crippen LogP contribution in [-0.4, -0.2) is 45.4 Å². The molecular formula is C13H18N6O3. The maximum atomic E-state index is 5.46. The minimum atomic E-state index is 0.0688. The average molecular weight is 306 g/mol. The number of ether oxygens (including phenoxy) is 3. The molecule has 0 spiro atoms. The number of methoxy groups -OCH3 is 1. The first-order valence-corrected chi connectivity index (χ1v) is 6.93. The molecule has 0 atom stereocenters. The van der Waals surface area contributed by atoms with Crippen LogP contribution in [0.3, 0.4) is 0 Å². The van der Waals surface area contributed by atoms with Gasteiger partial charge in [-0.1, -0.05) is 6.92 Å². The molecule has 9 nitrogen and oxygen atoms in total. The van der Waals surface area contributed by atoms with Crippen molar-refractivity contribution in [2.24, 2.45) is 0 Å². The van der Waals surface area contributed by atoms with Crippen molar-refractivity contribution in [3.05, 3.63) is 12.1 Å². The predicted molar refractivity (Wildman–Crippen MR) is 78.4 cm³/mol. The fraction of sp³-hybridized carbons (Fsp3) is 0.462. The van der Waals surface area contributed by atoms with Gasteiger partial charge in [0, 0.05) is 18.7 Å². The molecule has 2 rings (SSSR count). The Morgan fingerprint density at radius 2 is 1.73 bits per heavy atom. The molecule has 0 aliphatic heterocycles. The number of nitrogens with zero attached hydrogens (tertiary/aromatic N) is 5. The van der Waals surface area contributed by atoms with E-state index >= 15 is 0 Å². The van der Waals surface area contributed by atoms with E-state index < -0.39 is 0 Å². The molecule has 22 heavy (non-hydrogen) atoms. The molecule has 0 aliphatic carbocycles. The second kappa shape index (κ2) is 7.91. The van der Waals surface area contributed by atoms with Crippen LogP contribution in [0, 0.1) is 0 Å². The lowest BCUT2D eigenvalue weighted by Gasteiger charge is -2.07. The molecule has 0 unspecified atom stereocenters. The lowest BCUT2D eigenvalue weighted by molar-refractivity contribution is 0.298. The lowest BCUT2D eigenvalue weighted by atomic mass is 10.5. The van der Waals surface area contributed by atoms with E-state index in [1.165, 1.54) is 7.11 Å². The van der Waals surface area contributed by atoms with Gasteiger partial charge < -0.3 is 19.5 Å². The predicted octanol–water partition coefficient (Wildman–Crippen LogP) is 1.68. The van der Waals surface area contributed by atoms with Crippen LogP contribution >= 0.6 is 0 Å². The van der Waals surface area contributed by atoms with Gasteiger partial charge in [-0.05, 0) is 13.3 Å². The third-order valence-corrected chi connectivity index (χ3v) is 2.38. The molecule has 0 bridgehead atoms. The van der Waals surface area contributed by atoms with E-state index in [0.717, 1.165) is 6.42 Å². The molecule has 0 aliphatic rings. The summed E-state index contributed by atoms with van der Waals surface area (Å²) in [6.07, 6.45) is 0.901. The molecule has 2 aromatic heterocycles. The van der Waals surface area contributed by atoms with Gasteiger partial charge in [-0.15, -0.1) is 15.2 Å². The monoisotopic (exact) mass is 306 g/mol. The number of hydrogen-bond donors (Lipinski definition) is 1. The second-order valence-corrected chi connectivity index (χ2v) is 4.12. The number of hydrogen-bond acceptors (Lipinski definition) is 9. The van der Waals surface area contributed by atoms with Crippen LogP contribution in [-0.2, 0) is 0 Å². The molecule has 0 aromatic carbocycles. The summed E-state index contributed by atoms with van der Waals surface area (Å²) < 4.78 is 15.8. The lowest BCUT2D eigenvalue weighted by Crippen LogP contribution is -2.06. The van der Waals surface area contributed by atoms with Crippen molar-refractivity contribution in [2.45, 2.75) is 20.3 Å². The highest BCUT2D eigenvalue weighted by Gasteiger charge is 2.09. The second-order valence-electron chi connectivity index (χ2n) is 4.12. The van der Waals surface area contributed by atoms with Gasteiger partial charge in [0.1, 0.15) is 0 Å². The van der Waals surface area contributed by atoms with Gasteiger partial charge in [0.15, 0.2) is 0 Å². The van der Waals surface area contributed by atoms with Crippen LogP contribution in [0.5, 0.6) is 23.8 Å². The Hall–Kier alpha value is -2.71. The Kier molecular flexibility index (Phi) is 5.64. The van der Waals surface area contributed by atoms with Gasteiger partial charge in [-0.3, -0.25) is 0 Å². The van der Waals surface area contributed by atoms with Crippen LogP contribution in [0.15, 0.2) is 12.1 Å². The van der Waals surface area contributed by atoms with Gasteiger partial charge >= 0.3 is 12.0 Å².